The minimum Gasteiger partial charge on any atom is -0.440 e. The summed E-state index contributed by atoms with van der Waals surface area (Å²) in [5.41, 5.74) is 5.66. The van der Waals surface area contributed by atoms with Crippen LogP contribution in [0, 0.1) is 6.92 Å². The summed E-state index contributed by atoms with van der Waals surface area (Å²) in [6.45, 7) is 7.91. The third kappa shape index (κ3) is 3.19. The molecule has 4 aromatic rings. The number of rotatable bonds is 5. The largest absolute Gasteiger partial charge is 0.440 e. The average Bonchev–Trinajstić information content (AvgIpc) is 3.37. The minimum atomic E-state index is -1.15. The molecule has 6 rings (SSSR count). The summed E-state index contributed by atoms with van der Waals surface area (Å²) >= 11 is 0. The Hall–Kier alpha value is -4.26. The van der Waals surface area contributed by atoms with E-state index < -0.39 is 5.60 Å². The normalized spacial score (nSPS) is 17.1. The lowest BCUT2D eigenvalue weighted by atomic mass is 9.77. The van der Waals surface area contributed by atoms with Gasteiger partial charge in [-0.3, -0.25) is 0 Å². The van der Waals surface area contributed by atoms with Crippen molar-refractivity contribution in [2.24, 2.45) is 7.05 Å². The second-order valence-electron chi connectivity index (χ2n) is 9.51. The van der Waals surface area contributed by atoms with E-state index in [0.29, 0.717) is 17.2 Å². The van der Waals surface area contributed by atoms with Crippen molar-refractivity contribution < 1.29 is 14.3 Å². The fourth-order valence-electron chi connectivity index (χ4n) is 5.80. The summed E-state index contributed by atoms with van der Waals surface area (Å²) in [5.74, 6) is 0.903. The van der Waals surface area contributed by atoms with Crippen molar-refractivity contribution in [2.75, 3.05) is 29.9 Å². The topological polar surface area (TPSA) is 59.8 Å². The van der Waals surface area contributed by atoms with Crippen molar-refractivity contribution >= 4 is 23.0 Å². The fraction of sp³-hybridized carbons (Fsp3) is 0.267. The lowest BCUT2D eigenvalue weighted by molar-refractivity contribution is 0.0221. The van der Waals surface area contributed by atoms with Crippen LogP contribution in [0.1, 0.15) is 46.6 Å². The molecule has 0 radical (unpaired) electrons. The van der Waals surface area contributed by atoms with E-state index in [4.69, 9.17) is 9.47 Å². The van der Waals surface area contributed by atoms with Crippen molar-refractivity contribution in [3.05, 3.63) is 94.7 Å². The lowest BCUT2D eigenvalue weighted by Gasteiger charge is -2.38. The van der Waals surface area contributed by atoms with Gasteiger partial charge in [0.2, 0.25) is 5.88 Å². The zero-order valence-electron chi connectivity index (χ0n) is 21.8. The van der Waals surface area contributed by atoms with Crippen molar-refractivity contribution in [2.45, 2.75) is 26.4 Å². The van der Waals surface area contributed by atoms with Gasteiger partial charge in [0.1, 0.15) is 5.75 Å². The predicted octanol–water partition coefficient (Wildman–Crippen LogP) is 5.91. The second kappa shape index (κ2) is 8.40. The van der Waals surface area contributed by atoms with Crippen LogP contribution in [0.5, 0.6) is 11.6 Å². The van der Waals surface area contributed by atoms with Gasteiger partial charge in [0.05, 0.1) is 33.8 Å². The minimum absolute atomic E-state index is 0.344. The number of para-hydroxylation sites is 1. The van der Waals surface area contributed by atoms with E-state index in [0.717, 1.165) is 52.5 Å². The van der Waals surface area contributed by atoms with Gasteiger partial charge in [-0.15, -0.1) is 0 Å². The number of carbonyl (C=O) groups excluding carboxylic acids is 1. The maximum atomic E-state index is 13.3. The van der Waals surface area contributed by atoms with Crippen molar-refractivity contribution in [1.29, 1.82) is 0 Å². The highest BCUT2D eigenvalue weighted by Gasteiger charge is 2.56. The second-order valence-corrected chi connectivity index (χ2v) is 9.51. The Morgan fingerprint density at radius 1 is 0.946 bits per heavy atom. The van der Waals surface area contributed by atoms with Crippen LogP contribution in [0.2, 0.25) is 0 Å². The first-order valence-electron chi connectivity index (χ1n) is 12.7. The molecule has 0 fully saturated rings. The molecule has 0 saturated heterocycles. The highest BCUT2D eigenvalue weighted by atomic mass is 16.6. The molecule has 1 spiro atoms. The molecule has 0 bridgehead atoms. The SMILES string of the molecule is CCN(CC)c1cc2c(cc1N(C)c1ccccc1)C1(OC(=O)c3ccccc31)c1c(C)nn(C)c1O2. The molecule has 0 aliphatic carbocycles. The van der Waals surface area contributed by atoms with Crippen LogP contribution in [-0.4, -0.2) is 35.9 Å². The van der Waals surface area contributed by atoms with E-state index in [1.54, 1.807) is 4.68 Å². The van der Waals surface area contributed by atoms with Gasteiger partial charge in [0, 0.05) is 44.5 Å². The van der Waals surface area contributed by atoms with Crippen LogP contribution < -0.4 is 14.5 Å². The zero-order valence-corrected chi connectivity index (χ0v) is 21.8. The number of aryl methyl sites for hydroxylation is 2. The number of fused-ring (bicyclic) bond motifs is 6. The third-order valence-electron chi connectivity index (χ3n) is 7.57. The third-order valence-corrected chi connectivity index (χ3v) is 7.57. The molecule has 3 heterocycles. The maximum absolute atomic E-state index is 13.3. The highest BCUT2D eigenvalue weighted by molar-refractivity contribution is 5.97. The summed E-state index contributed by atoms with van der Waals surface area (Å²) in [5, 5.41) is 4.67. The number of carbonyl (C=O) groups is 1. The van der Waals surface area contributed by atoms with Gasteiger partial charge in [-0.1, -0.05) is 36.4 Å². The van der Waals surface area contributed by atoms with Crippen molar-refractivity contribution in [3.63, 3.8) is 0 Å². The number of anilines is 3. The van der Waals surface area contributed by atoms with Gasteiger partial charge >= 0.3 is 5.97 Å². The quantitative estimate of drug-likeness (QED) is 0.322. The van der Waals surface area contributed by atoms with Gasteiger partial charge in [0.15, 0.2) is 5.60 Å². The highest BCUT2D eigenvalue weighted by Crippen LogP contribution is 2.58. The smallest absolute Gasteiger partial charge is 0.340 e. The van der Waals surface area contributed by atoms with E-state index in [1.807, 2.05) is 56.4 Å². The zero-order chi connectivity index (χ0) is 25.9. The van der Waals surface area contributed by atoms with Gasteiger partial charge in [-0.05, 0) is 45.0 Å². The van der Waals surface area contributed by atoms with Gasteiger partial charge in [0.25, 0.3) is 0 Å². The lowest BCUT2D eigenvalue weighted by Crippen LogP contribution is -2.34. The fourth-order valence-corrected chi connectivity index (χ4v) is 5.80. The van der Waals surface area contributed by atoms with Crippen LogP contribution in [-0.2, 0) is 17.4 Å². The van der Waals surface area contributed by atoms with E-state index in [-0.39, 0.29) is 5.97 Å². The van der Waals surface area contributed by atoms with E-state index >= 15 is 0 Å². The molecular formula is C30H30N4O3. The first kappa shape index (κ1) is 23.2. The molecule has 1 unspecified atom stereocenters. The Morgan fingerprint density at radius 3 is 2.38 bits per heavy atom. The molecule has 1 aromatic heterocycles. The molecule has 2 aliphatic rings. The molecule has 188 valence electrons. The molecule has 1 atom stereocenters. The van der Waals surface area contributed by atoms with E-state index in [9.17, 15) is 4.79 Å². The number of hydrogen-bond donors (Lipinski definition) is 0. The Kier molecular flexibility index (Phi) is 5.26. The number of aromatic nitrogens is 2. The first-order chi connectivity index (χ1) is 17.9. The number of benzene rings is 3. The number of hydrogen-bond acceptors (Lipinski definition) is 6. The van der Waals surface area contributed by atoms with Crippen molar-refractivity contribution in [1.82, 2.24) is 9.78 Å². The first-order valence-corrected chi connectivity index (χ1v) is 12.7. The molecule has 37 heavy (non-hydrogen) atoms. The summed E-state index contributed by atoms with van der Waals surface area (Å²) < 4.78 is 14.7. The molecular weight excluding hydrogens is 464 g/mol. The van der Waals surface area contributed by atoms with Crippen LogP contribution in [0.25, 0.3) is 0 Å². The Balaban J connectivity index is 1.69. The predicted molar refractivity (Wildman–Crippen MR) is 144 cm³/mol. The van der Waals surface area contributed by atoms with Crippen LogP contribution in [0.15, 0.2) is 66.7 Å². The molecule has 7 heteroatoms. The van der Waals surface area contributed by atoms with E-state index in [2.05, 4.69) is 60.1 Å². The molecule has 2 aliphatic heterocycles. The number of ether oxygens (including phenoxy) is 2. The Labute approximate surface area is 216 Å². The summed E-state index contributed by atoms with van der Waals surface area (Å²) in [7, 11) is 3.92. The molecule has 0 amide bonds. The summed E-state index contributed by atoms with van der Waals surface area (Å²) in [6, 6.07) is 22.1. The summed E-state index contributed by atoms with van der Waals surface area (Å²) in [6.07, 6.45) is 0. The number of nitrogens with zero attached hydrogens (tertiary/aromatic N) is 4. The summed E-state index contributed by atoms with van der Waals surface area (Å²) in [4.78, 5) is 17.8. The monoisotopic (exact) mass is 494 g/mol. The Morgan fingerprint density at radius 2 is 1.65 bits per heavy atom. The van der Waals surface area contributed by atoms with Crippen LogP contribution in [0.4, 0.5) is 17.1 Å². The van der Waals surface area contributed by atoms with Crippen LogP contribution in [0.3, 0.4) is 0 Å². The number of esters is 1. The van der Waals surface area contributed by atoms with Gasteiger partial charge in [-0.2, -0.15) is 5.10 Å². The Bertz CT molecular complexity index is 1520. The molecule has 0 N–H and O–H groups in total. The average molecular weight is 495 g/mol. The molecule has 3 aromatic carbocycles. The van der Waals surface area contributed by atoms with Gasteiger partial charge in [-0.25, -0.2) is 9.48 Å². The molecule has 7 nitrogen and oxygen atoms in total. The maximum Gasteiger partial charge on any atom is 0.340 e. The standard InChI is InChI=1S/C30H30N4O3/c1-6-34(7-2)25-18-26-23(17-24(25)32(4)20-13-9-8-10-14-20)30(27-19(3)31-33(5)28(27)36-26)22-16-12-11-15-21(22)29(35)37-30/h8-18H,6-7H2,1-5H3. The van der Waals surface area contributed by atoms with E-state index in [1.165, 1.54) is 0 Å². The molecule has 0 saturated carbocycles. The van der Waals surface area contributed by atoms with Gasteiger partial charge < -0.3 is 19.3 Å². The van der Waals surface area contributed by atoms with Crippen LogP contribution >= 0.6 is 0 Å². The van der Waals surface area contributed by atoms with Crippen molar-refractivity contribution in [3.8, 4) is 11.6 Å².